The van der Waals surface area contributed by atoms with E-state index >= 15 is 0 Å². The van der Waals surface area contributed by atoms with Crippen LogP contribution in [0.5, 0.6) is 0 Å². The summed E-state index contributed by atoms with van der Waals surface area (Å²) in [5.74, 6) is -1.25. The number of Topliss-reactive ketones (excluding diaryl/α,β-unsaturated/α-hetero) is 1. The summed E-state index contributed by atoms with van der Waals surface area (Å²) in [4.78, 5) is 24.0. The Hall–Kier alpha value is -3.76. The van der Waals surface area contributed by atoms with Gasteiger partial charge >= 0.3 is 6.03 Å². The summed E-state index contributed by atoms with van der Waals surface area (Å²) < 4.78 is 41.4. The van der Waals surface area contributed by atoms with Gasteiger partial charge in [-0.2, -0.15) is 17.6 Å². The van der Waals surface area contributed by atoms with E-state index in [1.807, 2.05) is 0 Å². The van der Waals surface area contributed by atoms with E-state index in [9.17, 15) is 22.4 Å². The number of ketones is 1. The van der Waals surface area contributed by atoms with E-state index in [0.717, 1.165) is 10.2 Å². The van der Waals surface area contributed by atoms with Gasteiger partial charge in [-0.3, -0.25) is 4.79 Å². The number of hydrogen-bond acceptors (Lipinski definition) is 5. The molecule has 4 aromatic rings. The van der Waals surface area contributed by atoms with Crippen LogP contribution in [0.1, 0.15) is 15.9 Å². The highest BCUT2D eigenvalue weighted by molar-refractivity contribution is 7.90. The van der Waals surface area contributed by atoms with Gasteiger partial charge in [0.25, 0.3) is 10.0 Å². The molecule has 0 aliphatic rings. The zero-order valence-corrected chi connectivity index (χ0v) is 19.3. The summed E-state index contributed by atoms with van der Waals surface area (Å²) in [5, 5.41) is 9.52. The smallest absolute Gasteiger partial charge is 0.318 e. The first-order chi connectivity index (χ1) is 16.2. The lowest BCUT2D eigenvalue weighted by atomic mass is 10.0. The standard InChI is InChI=1S/C23H18ClFN4O4S/c1-26-23(31)28-16-7-9-17(10-8-16)34(32,33)29-20-11-14(5-6-15(20)13-27-29)12-21(30)22-18(24)3-2-4-19(22)25/h2-11,13H,12H2,1H3,(H2,26,28,31). The molecule has 0 bridgehead atoms. The highest BCUT2D eigenvalue weighted by Gasteiger charge is 2.22. The number of benzene rings is 3. The highest BCUT2D eigenvalue weighted by Crippen LogP contribution is 2.25. The normalized spacial score (nSPS) is 11.4. The Morgan fingerprint density at radius 1 is 1.09 bits per heavy atom. The molecule has 0 atom stereocenters. The zero-order chi connectivity index (χ0) is 24.5. The third kappa shape index (κ3) is 4.50. The minimum atomic E-state index is -4.07. The first kappa shape index (κ1) is 23.4. The van der Waals surface area contributed by atoms with E-state index in [1.54, 1.807) is 12.1 Å². The number of carbonyl (C=O) groups is 2. The number of aromatic nitrogens is 2. The van der Waals surface area contributed by atoms with Crippen molar-refractivity contribution in [1.29, 1.82) is 0 Å². The first-order valence-electron chi connectivity index (χ1n) is 9.99. The monoisotopic (exact) mass is 500 g/mol. The zero-order valence-electron chi connectivity index (χ0n) is 17.7. The van der Waals surface area contributed by atoms with Crippen LogP contribution in [0.15, 0.2) is 71.8 Å². The molecule has 0 radical (unpaired) electrons. The summed E-state index contributed by atoms with van der Waals surface area (Å²) in [6.07, 6.45) is 1.22. The van der Waals surface area contributed by atoms with Crippen LogP contribution < -0.4 is 10.6 Å². The lowest BCUT2D eigenvalue weighted by Crippen LogP contribution is -2.24. The molecule has 0 spiro atoms. The van der Waals surface area contributed by atoms with Gasteiger partial charge in [-0.15, -0.1) is 0 Å². The van der Waals surface area contributed by atoms with Gasteiger partial charge in [0.1, 0.15) is 5.82 Å². The third-order valence-corrected chi connectivity index (χ3v) is 7.00. The molecule has 0 aliphatic heterocycles. The molecule has 0 fully saturated rings. The lowest BCUT2D eigenvalue weighted by Gasteiger charge is -2.09. The Balaban J connectivity index is 1.66. The molecule has 0 aliphatic carbocycles. The number of amides is 2. The number of halogens is 2. The Labute approximate surface area is 199 Å². The van der Waals surface area contributed by atoms with Crippen LogP contribution in [-0.2, 0) is 16.4 Å². The van der Waals surface area contributed by atoms with Crippen LogP contribution in [-0.4, -0.2) is 36.5 Å². The predicted molar refractivity (Wildman–Crippen MR) is 126 cm³/mol. The molecule has 0 saturated carbocycles. The molecular formula is C23H18ClFN4O4S. The second kappa shape index (κ2) is 9.24. The molecule has 11 heteroatoms. The summed E-state index contributed by atoms with van der Waals surface area (Å²) in [7, 11) is -2.61. The maximum Gasteiger partial charge on any atom is 0.318 e. The van der Waals surface area contributed by atoms with E-state index < -0.39 is 27.7 Å². The fourth-order valence-electron chi connectivity index (χ4n) is 3.38. The molecule has 1 aromatic heterocycles. The van der Waals surface area contributed by atoms with E-state index in [2.05, 4.69) is 15.7 Å². The van der Waals surface area contributed by atoms with E-state index in [0.29, 0.717) is 16.6 Å². The molecule has 4 rings (SSSR count). The Morgan fingerprint density at radius 2 is 1.82 bits per heavy atom. The Kier molecular flexibility index (Phi) is 6.36. The third-order valence-electron chi connectivity index (χ3n) is 5.07. The molecule has 1 heterocycles. The lowest BCUT2D eigenvalue weighted by molar-refractivity contribution is 0.0989. The molecule has 0 unspecified atom stereocenters. The van der Waals surface area contributed by atoms with Gasteiger partial charge in [0, 0.05) is 24.5 Å². The van der Waals surface area contributed by atoms with Gasteiger partial charge < -0.3 is 10.6 Å². The minimum absolute atomic E-state index is 0.00746. The van der Waals surface area contributed by atoms with Crippen LogP contribution in [0.3, 0.4) is 0 Å². The fourth-order valence-corrected chi connectivity index (χ4v) is 4.92. The first-order valence-corrected chi connectivity index (χ1v) is 11.8. The van der Waals surface area contributed by atoms with Crippen molar-refractivity contribution < 1.29 is 22.4 Å². The van der Waals surface area contributed by atoms with Crippen molar-refractivity contribution in [3.8, 4) is 0 Å². The topological polar surface area (TPSA) is 110 Å². The number of rotatable bonds is 6. The van der Waals surface area contributed by atoms with Crippen molar-refractivity contribution >= 4 is 50.0 Å². The maximum absolute atomic E-state index is 14.1. The van der Waals surface area contributed by atoms with Crippen LogP contribution >= 0.6 is 11.6 Å². The van der Waals surface area contributed by atoms with E-state index in [1.165, 1.54) is 55.7 Å². The molecule has 0 saturated heterocycles. The highest BCUT2D eigenvalue weighted by atomic mass is 35.5. The second-order valence-corrected chi connectivity index (χ2v) is 9.49. The Morgan fingerprint density at radius 3 is 2.50 bits per heavy atom. The van der Waals surface area contributed by atoms with Crippen LogP contribution in [0.2, 0.25) is 5.02 Å². The second-order valence-electron chi connectivity index (χ2n) is 7.31. The summed E-state index contributed by atoms with van der Waals surface area (Å²) in [6, 6.07) is 14.0. The molecule has 34 heavy (non-hydrogen) atoms. The van der Waals surface area contributed by atoms with E-state index in [4.69, 9.17) is 11.6 Å². The maximum atomic E-state index is 14.1. The van der Waals surface area contributed by atoms with E-state index in [-0.39, 0.29) is 27.4 Å². The average Bonchev–Trinajstić information content (AvgIpc) is 3.23. The number of nitrogens with zero attached hydrogens (tertiary/aromatic N) is 2. The minimum Gasteiger partial charge on any atom is -0.341 e. The molecule has 2 amide bonds. The van der Waals surface area contributed by atoms with Gasteiger partial charge in [0.15, 0.2) is 5.78 Å². The summed E-state index contributed by atoms with van der Waals surface area (Å²) in [6.45, 7) is 0. The molecular weight excluding hydrogens is 483 g/mol. The number of urea groups is 1. The number of nitrogens with one attached hydrogen (secondary N) is 2. The quantitative estimate of drug-likeness (QED) is 0.385. The van der Waals surface area contributed by atoms with Crippen molar-refractivity contribution in [1.82, 2.24) is 14.5 Å². The molecule has 174 valence electrons. The number of hydrogen-bond donors (Lipinski definition) is 2. The van der Waals surface area contributed by atoms with Crippen LogP contribution in [0, 0.1) is 5.82 Å². The van der Waals surface area contributed by atoms with Gasteiger partial charge in [-0.1, -0.05) is 29.8 Å². The van der Waals surface area contributed by atoms with Crippen LogP contribution in [0.4, 0.5) is 14.9 Å². The number of carbonyl (C=O) groups excluding carboxylic acids is 2. The van der Waals surface area contributed by atoms with Crippen molar-refractivity contribution in [3.63, 3.8) is 0 Å². The SMILES string of the molecule is CNC(=O)Nc1ccc(S(=O)(=O)n2ncc3ccc(CC(=O)c4c(F)cccc4Cl)cc32)cc1. The fraction of sp³-hybridized carbons (Fsp3) is 0.0870. The predicted octanol–water partition coefficient (Wildman–Crippen LogP) is 4.24. The molecule has 2 N–H and O–H groups in total. The summed E-state index contributed by atoms with van der Waals surface area (Å²) in [5.41, 5.74) is 0.934. The van der Waals surface area contributed by atoms with Crippen molar-refractivity contribution in [2.75, 3.05) is 12.4 Å². The Bertz CT molecular complexity index is 1500. The largest absolute Gasteiger partial charge is 0.341 e. The van der Waals surface area contributed by atoms with Crippen molar-refractivity contribution in [2.24, 2.45) is 0 Å². The van der Waals surface area contributed by atoms with Gasteiger partial charge in [0.2, 0.25) is 0 Å². The molecule has 3 aromatic carbocycles. The van der Waals surface area contributed by atoms with Crippen LogP contribution in [0.25, 0.3) is 10.9 Å². The van der Waals surface area contributed by atoms with Gasteiger partial charge in [-0.05, 0) is 48.0 Å². The summed E-state index contributed by atoms with van der Waals surface area (Å²) >= 11 is 5.99. The number of anilines is 1. The van der Waals surface area contributed by atoms with Crippen molar-refractivity contribution in [2.45, 2.75) is 11.3 Å². The molecule has 8 nitrogen and oxygen atoms in total. The average molecular weight is 501 g/mol. The van der Waals surface area contributed by atoms with Crippen molar-refractivity contribution in [3.05, 3.63) is 88.8 Å². The van der Waals surface area contributed by atoms with Gasteiger partial charge in [-0.25, -0.2) is 9.18 Å². The van der Waals surface area contributed by atoms with Gasteiger partial charge in [0.05, 0.1) is 27.2 Å². The number of fused-ring (bicyclic) bond motifs is 1.